The maximum atomic E-state index is 12.7. The molecule has 1 aromatic heterocycles. The van der Waals surface area contributed by atoms with E-state index in [1.807, 2.05) is 79.1 Å². The van der Waals surface area contributed by atoms with Gasteiger partial charge in [-0.15, -0.1) is 10.2 Å². The third-order valence-electron chi connectivity index (χ3n) is 5.12. The van der Waals surface area contributed by atoms with Crippen LogP contribution in [0.4, 0.5) is 0 Å². The van der Waals surface area contributed by atoms with Crippen LogP contribution in [-0.4, -0.2) is 20.7 Å². The highest BCUT2D eigenvalue weighted by atomic mass is 35.5. The third-order valence-corrected chi connectivity index (χ3v) is 6.36. The fourth-order valence-electron chi connectivity index (χ4n) is 3.38. The Balaban J connectivity index is 1.63. The van der Waals surface area contributed by atoms with Crippen molar-refractivity contribution >= 4 is 29.3 Å². The largest absolute Gasteiger partial charge is 0.345 e. The molecular formula is C25H23ClN4OS. The lowest BCUT2D eigenvalue weighted by atomic mass is 10.1. The molecule has 0 radical (unpaired) electrons. The fraction of sp³-hybridized carbons (Fsp3) is 0.160. The van der Waals surface area contributed by atoms with E-state index < -0.39 is 0 Å². The molecule has 7 heteroatoms. The van der Waals surface area contributed by atoms with Crippen molar-refractivity contribution in [2.75, 3.05) is 0 Å². The smallest absolute Gasteiger partial charge is 0.251 e. The molecule has 4 aromatic rings. The van der Waals surface area contributed by atoms with Crippen LogP contribution in [-0.2, 0) is 12.3 Å². The van der Waals surface area contributed by atoms with Crippen molar-refractivity contribution < 1.29 is 4.79 Å². The first kappa shape index (κ1) is 22.1. The van der Waals surface area contributed by atoms with E-state index in [-0.39, 0.29) is 12.5 Å². The molecule has 0 unspecified atom stereocenters. The van der Waals surface area contributed by atoms with Crippen LogP contribution < -0.4 is 5.32 Å². The lowest BCUT2D eigenvalue weighted by molar-refractivity contribution is 0.0949. The summed E-state index contributed by atoms with van der Waals surface area (Å²) < 4.78 is 1.98. The highest BCUT2D eigenvalue weighted by Crippen LogP contribution is 2.28. The van der Waals surface area contributed by atoms with Crippen LogP contribution in [0.1, 0.15) is 32.9 Å². The molecule has 0 saturated heterocycles. The van der Waals surface area contributed by atoms with Gasteiger partial charge in [-0.05, 0) is 48.7 Å². The normalized spacial score (nSPS) is 10.8. The number of nitrogens with zero attached hydrogens (tertiary/aromatic N) is 3. The van der Waals surface area contributed by atoms with Gasteiger partial charge >= 0.3 is 0 Å². The first-order valence-electron chi connectivity index (χ1n) is 10.2. The Kier molecular flexibility index (Phi) is 6.93. The summed E-state index contributed by atoms with van der Waals surface area (Å²) in [5.41, 5.74) is 4.72. The lowest BCUT2D eigenvalue weighted by Gasteiger charge is -2.14. The summed E-state index contributed by atoms with van der Waals surface area (Å²) in [6.07, 6.45) is 0. The Morgan fingerprint density at radius 2 is 1.72 bits per heavy atom. The van der Waals surface area contributed by atoms with Gasteiger partial charge in [0.15, 0.2) is 11.0 Å². The van der Waals surface area contributed by atoms with E-state index in [0.717, 1.165) is 27.7 Å². The predicted molar refractivity (Wildman–Crippen MR) is 129 cm³/mol. The molecule has 162 valence electrons. The van der Waals surface area contributed by atoms with Gasteiger partial charge < -0.3 is 5.32 Å². The number of aryl methyl sites for hydroxylation is 2. The predicted octanol–water partition coefficient (Wildman–Crippen LogP) is 5.76. The fourth-order valence-corrected chi connectivity index (χ4v) is 4.46. The zero-order valence-electron chi connectivity index (χ0n) is 17.9. The van der Waals surface area contributed by atoms with Gasteiger partial charge in [-0.1, -0.05) is 78.0 Å². The molecule has 0 aliphatic heterocycles. The van der Waals surface area contributed by atoms with Crippen LogP contribution in [0.25, 0.3) is 5.69 Å². The summed E-state index contributed by atoms with van der Waals surface area (Å²) in [6.45, 7) is 4.19. The molecular weight excluding hydrogens is 440 g/mol. The van der Waals surface area contributed by atoms with E-state index in [2.05, 4.69) is 27.6 Å². The second-order valence-corrected chi connectivity index (χ2v) is 8.82. The van der Waals surface area contributed by atoms with Crippen molar-refractivity contribution in [1.82, 2.24) is 20.1 Å². The van der Waals surface area contributed by atoms with Crippen molar-refractivity contribution in [2.45, 2.75) is 31.3 Å². The van der Waals surface area contributed by atoms with E-state index in [0.29, 0.717) is 16.4 Å². The summed E-state index contributed by atoms with van der Waals surface area (Å²) in [5.74, 6) is 1.26. The zero-order chi connectivity index (χ0) is 22.5. The number of hydrogen-bond acceptors (Lipinski definition) is 4. The summed E-state index contributed by atoms with van der Waals surface area (Å²) in [4.78, 5) is 12.7. The molecule has 0 saturated carbocycles. The molecule has 0 aliphatic rings. The molecule has 1 heterocycles. The summed E-state index contributed by atoms with van der Waals surface area (Å²) in [5, 5.41) is 13.2. The molecule has 3 aromatic carbocycles. The van der Waals surface area contributed by atoms with Crippen molar-refractivity contribution in [2.24, 2.45) is 0 Å². The zero-order valence-corrected chi connectivity index (χ0v) is 19.5. The minimum Gasteiger partial charge on any atom is -0.345 e. The molecule has 0 bridgehead atoms. The molecule has 0 fully saturated rings. The number of carbonyl (C=O) groups is 1. The van der Waals surface area contributed by atoms with E-state index >= 15 is 0 Å². The number of carbonyl (C=O) groups excluding carboxylic acids is 1. The molecule has 0 spiro atoms. The standard InChI is InChI=1S/C25H23ClN4OS/c1-17-8-6-7-11-21(17)24(31)27-15-23-28-29-25(32-16-19-9-4-3-5-10-19)30(23)22-14-20(26)13-12-18(22)2/h3-14H,15-16H2,1-2H3,(H,27,31). The quantitative estimate of drug-likeness (QED) is 0.355. The number of aromatic nitrogens is 3. The van der Waals surface area contributed by atoms with Crippen molar-refractivity contribution in [3.63, 3.8) is 0 Å². The number of amides is 1. The van der Waals surface area contributed by atoms with Gasteiger partial charge in [-0.3, -0.25) is 9.36 Å². The Labute approximate surface area is 196 Å². The average Bonchev–Trinajstić information content (AvgIpc) is 3.21. The topological polar surface area (TPSA) is 59.8 Å². The van der Waals surface area contributed by atoms with Gasteiger partial charge in [0.05, 0.1) is 12.2 Å². The third kappa shape index (κ3) is 5.03. The number of rotatable bonds is 7. The Morgan fingerprint density at radius 3 is 2.50 bits per heavy atom. The van der Waals surface area contributed by atoms with E-state index in [1.165, 1.54) is 5.56 Å². The second kappa shape index (κ2) is 10.0. The van der Waals surface area contributed by atoms with E-state index in [9.17, 15) is 4.79 Å². The van der Waals surface area contributed by atoms with Gasteiger partial charge in [-0.2, -0.15) is 0 Å². The van der Waals surface area contributed by atoms with Crippen LogP contribution in [0.15, 0.2) is 78.0 Å². The second-order valence-electron chi connectivity index (χ2n) is 7.44. The van der Waals surface area contributed by atoms with Crippen molar-refractivity contribution in [3.05, 3.63) is 106 Å². The highest BCUT2D eigenvalue weighted by Gasteiger charge is 2.18. The van der Waals surface area contributed by atoms with Crippen LogP contribution in [0.2, 0.25) is 5.02 Å². The number of nitrogens with one attached hydrogen (secondary N) is 1. The summed E-state index contributed by atoms with van der Waals surface area (Å²) in [7, 11) is 0. The van der Waals surface area contributed by atoms with Gasteiger partial charge in [0.2, 0.25) is 0 Å². The minimum atomic E-state index is -0.140. The molecule has 0 atom stereocenters. The van der Waals surface area contributed by atoms with E-state index in [4.69, 9.17) is 11.6 Å². The maximum Gasteiger partial charge on any atom is 0.251 e. The van der Waals surface area contributed by atoms with Crippen LogP contribution in [0.3, 0.4) is 0 Å². The number of hydrogen-bond donors (Lipinski definition) is 1. The SMILES string of the molecule is Cc1ccccc1C(=O)NCc1nnc(SCc2ccccc2)n1-c1cc(Cl)ccc1C. The first-order chi connectivity index (χ1) is 15.5. The summed E-state index contributed by atoms with van der Waals surface area (Å²) >= 11 is 7.90. The van der Waals surface area contributed by atoms with Crippen LogP contribution in [0, 0.1) is 13.8 Å². The molecule has 1 amide bonds. The van der Waals surface area contributed by atoms with E-state index in [1.54, 1.807) is 11.8 Å². The minimum absolute atomic E-state index is 0.140. The molecule has 4 rings (SSSR count). The van der Waals surface area contributed by atoms with Crippen LogP contribution in [0.5, 0.6) is 0 Å². The van der Waals surface area contributed by atoms with Gasteiger partial charge in [-0.25, -0.2) is 0 Å². The Hall–Kier alpha value is -3.09. The molecule has 1 N–H and O–H groups in total. The number of thioether (sulfide) groups is 1. The number of benzene rings is 3. The highest BCUT2D eigenvalue weighted by molar-refractivity contribution is 7.98. The van der Waals surface area contributed by atoms with Gasteiger partial charge in [0.25, 0.3) is 5.91 Å². The van der Waals surface area contributed by atoms with Crippen molar-refractivity contribution in [3.8, 4) is 5.69 Å². The monoisotopic (exact) mass is 462 g/mol. The number of halogens is 1. The first-order valence-corrected chi connectivity index (χ1v) is 11.6. The molecule has 5 nitrogen and oxygen atoms in total. The lowest BCUT2D eigenvalue weighted by Crippen LogP contribution is -2.25. The Bertz CT molecular complexity index is 1240. The van der Waals surface area contributed by atoms with Gasteiger partial charge in [0.1, 0.15) is 0 Å². The van der Waals surface area contributed by atoms with Crippen LogP contribution >= 0.6 is 23.4 Å². The van der Waals surface area contributed by atoms with Gasteiger partial charge in [0, 0.05) is 16.3 Å². The Morgan fingerprint density at radius 1 is 0.969 bits per heavy atom. The average molecular weight is 463 g/mol. The molecule has 32 heavy (non-hydrogen) atoms. The molecule has 0 aliphatic carbocycles. The van der Waals surface area contributed by atoms with Crippen molar-refractivity contribution in [1.29, 1.82) is 0 Å². The maximum absolute atomic E-state index is 12.7. The summed E-state index contributed by atoms with van der Waals surface area (Å²) in [6, 6.07) is 23.5.